The van der Waals surface area contributed by atoms with Crippen molar-refractivity contribution in [3.63, 3.8) is 0 Å². The highest BCUT2D eigenvalue weighted by atomic mass is 35.5. The van der Waals surface area contributed by atoms with Crippen LogP contribution in [0.1, 0.15) is 18.4 Å². The van der Waals surface area contributed by atoms with Gasteiger partial charge in [-0.2, -0.15) is 0 Å². The molecular weight excluding hydrogens is 494 g/mol. The highest BCUT2D eigenvalue weighted by molar-refractivity contribution is 6.30. The fourth-order valence-corrected chi connectivity index (χ4v) is 5.43. The van der Waals surface area contributed by atoms with E-state index in [1.807, 2.05) is 18.2 Å². The minimum atomic E-state index is -0.787. The minimum absolute atomic E-state index is 0.135. The third-order valence-electron chi connectivity index (χ3n) is 7.34. The molecule has 10 heteroatoms. The van der Waals surface area contributed by atoms with Gasteiger partial charge in [0.2, 0.25) is 5.91 Å². The summed E-state index contributed by atoms with van der Waals surface area (Å²) in [5, 5.41) is 14.5. The number of likely N-dealkylation sites (tertiary alicyclic amines) is 1. The Kier molecular flexibility index (Phi) is 7.19. The van der Waals surface area contributed by atoms with Crippen molar-refractivity contribution in [3.8, 4) is 11.1 Å². The van der Waals surface area contributed by atoms with E-state index in [-0.39, 0.29) is 18.5 Å². The van der Waals surface area contributed by atoms with Crippen molar-refractivity contribution in [2.24, 2.45) is 7.05 Å². The molecule has 3 heterocycles. The van der Waals surface area contributed by atoms with Gasteiger partial charge in [0.25, 0.3) is 5.56 Å². The fourth-order valence-electron chi connectivity index (χ4n) is 5.24. The molecule has 194 valence electrons. The number of hydrogen-bond donors (Lipinski definition) is 2. The number of para-hydroxylation sites is 1. The van der Waals surface area contributed by atoms with Gasteiger partial charge in [-0.05, 0) is 48.6 Å². The smallest absolute Gasteiger partial charge is 0.331 e. The first kappa shape index (κ1) is 25.3. The Bertz CT molecular complexity index is 1430. The predicted molar refractivity (Wildman–Crippen MR) is 142 cm³/mol. The number of hydrogen-bond acceptors (Lipinski definition) is 6. The molecule has 5 rings (SSSR count). The van der Waals surface area contributed by atoms with E-state index in [1.165, 1.54) is 23.4 Å². The first-order valence-corrected chi connectivity index (χ1v) is 12.8. The van der Waals surface area contributed by atoms with Crippen molar-refractivity contribution >= 4 is 23.2 Å². The molecule has 2 aliphatic heterocycles. The maximum Gasteiger partial charge on any atom is 0.331 e. The fraction of sp³-hybridized carbons (Fsp3) is 0.370. The van der Waals surface area contributed by atoms with Crippen LogP contribution in [-0.2, 0) is 24.8 Å². The van der Waals surface area contributed by atoms with Gasteiger partial charge in [-0.15, -0.1) is 0 Å². The molecule has 0 aliphatic carbocycles. The summed E-state index contributed by atoms with van der Waals surface area (Å²) in [6.07, 6.45) is 2.93. The van der Waals surface area contributed by atoms with Gasteiger partial charge >= 0.3 is 5.69 Å². The molecule has 2 N–H and O–H groups in total. The zero-order valence-corrected chi connectivity index (χ0v) is 21.4. The lowest BCUT2D eigenvalue weighted by molar-refractivity contribution is -0.134. The molecule has 0 bridgehead atoms. The van der Waals surface area contributed by atoms with Gasteiger partial charge in [0, 0.05) is 49.6 Å². The summed E-state index contributed by atoms with van der Waals surface area (Å²) >= 11 is 6.09. The van der Waals surface area contributed by atoms with Gasteiger partial charge in [-0.1, -0.05) is 41.9 Å². The molecule has 1 atom stereocenters. The standard InChI is InChI=1S/C27H30ClN5O4/c1-30-25(35)22(19-6-4-7-20(28)15-19)16-32(27(30)37)17-24(34)31-12-10-21(11-13-31)33-14-9-18-5-2-3-8-23(18)29-26(33)36/h2-8,15-16,21,26,29,36H,9-14,17H2,1H3. The van der Waals surface area contributed by atoms with Gasteiger partial charge in [-0.3, -0.25) is 23.6 Å². The van der Waals surface area contributed by atoms with Gasteiger partial charge in [-0.25, -0.2) is 4.79 Å². The first-order chi connectivity index (χ1) is 17.8. The summed E-state index contributed by atoms with van der Waals surface area (Å²) in [5.74, 6) is -0.182. The summed E-state index contributed by atoms with van der Waals surface area (Å²) in [4.78, 5) is 42.5. The third kappa shape index (κ3) is 5.20. The molecule has 9 nitrogen and oxygen atoms in total. The first-order valence-electron chi connectivity index (χ1n) is 12.4. The quantitative estimate of drug-likeness (QED) is 0.543. The highest BCUT2D eigenvalue weighted by Gasteiger charge is 2.32. The number of fused-ring (bicyclic) bond motifs is 1. The van der Waals surface area contributed by atoms with Crippen molar-refractivity contribution in [1.82, 2.24) is 18.9 Å². The molecule has 1 amide bonds. The van der Waals surface area contributed by atoms with Crippen LogP contribution in [0.5, 0.6) is 0 Å². The lowest BCUT2D eigenvalue weighted by atomic mass is 10.0. The summed E-state index contributed by atoms with van der Waals surface area (Å²) in [6, 6.07) is 15.0. The van der Waals surface area contributed by atoms with E-state index in [0.717, 1.165) is 36.1 Å². The average molecular weight is 524 g/mol. The number of halogens is 1. The number of aliphatic hydroxyl groups is 1. The maximum atomic E-state index is 13.2. The molecule has 1 fully saturated rings. The third-order valence-corrected chi connectivity index (χ3v) is 7.57. The second kappa shape index (κ2) is 10.5. The Morgan fingerprint density at radius 1 is 1.08 bits per heavy atom. The maximum absolute atomic E-state index is 13.2. The highest BCUT2D eigenvalue weighted by Crippen LogP contribution is 2.26. The number of nitrogens with zero attached hydrogens (tertiary/aromatic N) is 4. The zero-order chi connectivity index (χ0) is 26.1. The van der Waals surface area contributed by atoms with Crippen molar-refractivity contribution < 1.29 is 9.90 Å². The van der Waals surface area contributed by atoms with Crippen LogP contribution in [0.2, 0.25) is 5.02 Å². The number of aromatic nitrogens is 2. The van der Waals surface area contributed by atoms with E-state index in [9.17, 15) is 19.5 Å². The SMILES string of the molecule is Cn1c(=O)c(-c2cccc(Cl)c2)cn(CC(=O)N2CCC(N3CCc4ccccc4NC3O)CC2)c1=O. The van der Waals surface area contributed by atoms with Crippen LogP contribution in [-0.4, -0.2) is 62.0 Å². The van der Waals surface area contributed by atoms with Crippen molar-refractivity contribution in [1.29, 1.82) is 0 Å². The van der Waals surface area contributed by atoms with Crippen LogP contribution in [0.25, 0.3) is 11.1 Å². The Hall–Kier alpha value is -3.40. The zero-order valence-electron chi connectivity index (χ0n) is 20.6. The van der Waals surface area contributed by atoms with E-state index >= 15 is 0 Å². The average Bonchev–Trinajstić information content (AvgIpc) is 3.07. The number of carbonyl (C=O) groups is 1. The molecule has 37 heavy (non-hydrogen) atoms. The molecule has 0 saturated carbocycles. The number of benzene rings is 2. The number of carbonyl (C=O) groups excluding carboxylic acids is 1. The summed E-state index contributed by atoms with van der Waals surface area (Å²) in [7, 11) is 1.41. The lowest BCUT2D eigenvalue weighted by Gasteiger charge is -2.40. The number of anilines is 1. The second-order valence-electron chi connectivity index (χ2n) is 9.60. The molecule has 0 spiro atoms. The molecule has 1 unspecified atom stereocenters. The van der Waals surface area contributed by atoms with Crippen molar-refractivity contribution in [2.45, 2.75) is 38.2 Å². The largest absolute Gasteiger partial charge is 0.361 e. The van der Waals surface area contributed by atoms with Crippen molar-refractivity contribution in [3.05, 3.63) is 86.2 Å². The Labute approximate surface area is 219 Å². The molecule has 0 radical (unpaired) electrons. The molecule has 2 aliphatic rings. The number of rotatable bonds is 4. The van der Waals surface area contributed by atoms with Crippen molar-refractivity contribution in [2.75, 3.05) is 25.0 Å². The molecule has 1 saturated heterocycles. The van der Waals surface area contributed by atoms with Crippen LogP contribution in [0.15, 0.2) is 64.3 Å². The number of amides is 1. The molecule has 2 aromatic carbocycles. The van der Waals surface area contributed by atoms with Crippen LogP contribution >= 0.6 is 11.6 Å². The monoisotopic (exact) mass is 523 g/mol. The van der Waals surface area contributed by atoms with E-state index in [4.69, 9.17) is 11.6 Å². The van der Waals surface area contributed by atoms with E-state index < -0.39 is 17.6 Å². The predicted octanol–water partition coefficient (Wildman–Crippen LogP) is 2.10. The molecule has 3 aromatic rings. The Morgan fingerprint density at radius 2 is 1.84 bits per heavy atom. The van der Waals surface area contributed by atoms with Crippen LogP contribution in [0.4, 0.5) is 5.69 Å². The van der Waals surface area contributed by atoms with Crippen LogP contribution in [0, 0.1) is 0 Å². The Balaban J connectivity index is 1.26. The number of aliphatic hydroxyl groups excluding tert-OH is 1. The van der Waals surface area contributed by atoms with Gasteiger partial charge in [0.15, 0.2) is 6.35 Å². The number of piperidine rings is 1. The summed E-state index contributed by atoms with van der Waals surface area (Å²) in [6.45, 7) is 1.63. The van der Waals surface area contributed by atoms with E-state index in [0.29, 0.717) is 29.2 Å². The minimum Gasteiger partial charge on any atom is -0.361 e. The van der Waals surface area contributed by atoms with Gasteiger partial charge in [0.1, 0.15) is 6.54 Å². The van der Waals surface area contributed by atoms with E-state index in [2.05, 4.69) is 16.3 Å². The summed E-state index contributed by atoms with van der Waals surface area (Å²) in [5.41, 5.74) is 2.03. The van der Waals surface area contributed by atoms with Crippen LogP contribution in [0.3, 0.4) is 0 Å². The molecule has 1 aromatic heterocycles. The topological polar surface area (TPSA) is 99.8 Å². The second-order valence-corrected chi connectivity index (χ2v) is 10.0. The van der Waals surface area contributed by atoms with Crippen LogP contribution < -0.4 is 16.6 Å². The van der Waals surface area contributed by atoms with E-state index in [1.54, 1.807) is 29.2 Å². The summed E-state index contributed by atoms with van der Waals surface area (Å²) < 4.78 is 2.30. The Morgan fingerprint density at radius 3 is 2.59 bits per heavy atom. The number of nitrogens with one attached hydrogen (secondary N) is 1. The van der Waals surface area contributed by atoms with Gasteiger partial charge < -0.3 is 15.3 Å². The molecular formula is C27H30ClN5O4. The lowest BCUT2D eigenvalue weighted by Crippen LogP contribution is -2.53. The van der Waals surface area contributed by atoms with Gasteiger partial charge in [0.05, 0.1) is 5.56 Å². The normalized spacial score (nSPS) is 18.7.